The van der Waals surface area contributed by atoms with Crippen LogP contribution in [0.15, 0.2) is 54.7 Å². The van der Waals surface area contributed by atoms with Gasteiger partial charge >= 0.3 is 5.97 Å². The van der Waals surface area contributed by atoms with Crippen molar-refractivity contribution in [2.75, 3.05) is 0 Å². The molecule has 0 saturated heterocycles. The van der Waals surface area contributed by atoms with Gasteiger partial charge in [-0.2, -0.15) is 0 Å². The van der Waals surface area contributed by atoms with E-state index in [-0.39, 0.29) is 0 Å². The Kier molecular flexibility index (Phi) is 2.60. The summed E-state index contributed by atoms with van der Waals surface area (Å²) in [4.78, 5) is 11.0. The minimum absolute atomic E-state index is 0.311. The predicted molar refractivity (Wildman–Crippen MR) is 75.3 cm³/mol. The number of aromatic carboxylic acids is 1. The second-order valence-electron chi connectivity index (χ2n) is 4.56. The number of aryl methyl sites for hydroxylation is 1. The van der Waals surface area contributed by atoms with E-state index in [4.69, 9.17) is 5.11 Å². The number of hydrogen-bond donors (Lipinski definition) is 1. The molecule has 0 spiro atoms. The molecule has 0 aliphatic rings. The number of benzene rings is 2. The van der Waals surface area contributed by atoms with E-state index in [1.807, 2.05) is 31.4 Å². The molecule has 0 amide bonds. The fraction of sp³-hybridized carbons (Fsp3) is 0.0625. The molecule has 0 saturated carbocycles. The van der Waals surface area contributed by atoms with E-state index in [0.29, 0.717) is 5.56 Å². The lowest BCUT2D eigenvalue weighted by Gasteiger charge is -2.01. The molecule has 19 heavy (non-hydrogen) atoms. The van der Waals surface area contributed by atoms with E-state index in [1.165, 1.54) is 0 Å². The van der Waals surface area contributed by atoms with E-state index in [0.717, 1.165) is 22.0 Å². The number of nitrogens with zero attached hydrogens (tertiary/aromatic N) is 1. The minimum atomic E-state index is -0.901. The maximum Gasteiger partial charge on any atom is 0.335 e. The highest BCUT2D eigenvalue weighted by Gasteiger charge is 2.10. The van der Waals surface area contributed by atoms with Crippen molar-refractivity contribution in [3.8, 4) is 11.1 Å². The van der Waals surface area contributed by atoms with Crippen molar-refractivity contribution in [2.45, 2.75) is 0 Å². The second-order valence-corrected chi connectivity index (χ2v) is 4.56. The first kappa shape index (κ1) is 11.5. The monoisotopic (exact) mass is 251 g/mol. The largest absolute Gasteiger partial charge is 0.478 e. The summed E-state index contributed by atoms with van der Waals surface area (Å²) < 4.78 is 2.05. The standard InChI is InChI=1S/C16H13NO2/c1-17-10-14(13-7-2-3-8-15(13)17)11-5-4-6-12(9-11)16(18)19/h2-10H,1H3,(H,18,19). The first-order valence-corrected chi connectivity index (χ1v) is 6.04. The Labute approximate surface area is 110 Å². The van der Waals surface area contributed by atoms with E-state index in [1.54, 1.807) is 18.2 Å². The number of rotatable bonds is 2. The van der Waals surface area contributed by atoms with Crippen LogP contribution in [0.5, 0.6) is 0 Å². The van der Waals surface area contributed by atoms with Gasteiger partial charge in [0, 0.05) is 29.7 Å². The van der Waals surface area contributed by atoms with Crippen LogP contribution in [0.3, 0.4) is 0 Å². The third-order valence-electron chi connectivity index (χ3n) is 3.32. The van der Waals surface area contributed by atoms with Gasteiger partial charge in [-0.15, -0.1) is 0 Å². The third kappa shape index (κ3) is 1.89. The van der Waals surface area contributed by atoms with Gasteiger partial charge in [-0.3, -0.25) is 0 Å². The molecule has 0 unspecified atom stereocenters. The Morgan fingerprint density at radius 1 is 1.11 bits per heavy atom. The van der Waals surface area contributed by atoms with E-state index < -0.39 is 5.97 Å². The molecule has 3 nitrogen and oxygen atoms in total. The maximum atomic E-state index is 11.0. The van der Waals surface area contributed by atoms with Crippen LogP contribution in [0.25, 0.3) is 22.0 Å². The van der Waals surface area contributed by atoms with Crippen LogP contribution in [0, 0.1) is 0 Å². The molecular formula is C16H13NO2. The molecule has 1 N–H and O–H groups in total. The normalized spacial score (nSPS) is 10.8. The molecule has 1 aromatic heterocycles. The molecule has 94 valence electrons. The zero-order valence-corrected chi connectivity index (χ0v) is 10.5. The quantitative estimate of drug-likeness (QED) is 0.756. The number of aromatic nitrogens is 1. The lowest BCUT2D eigenvalue weighted by molar-refractivity contribution is 0.0697. The first-order valence-electron chi connectivity index (χ1n) is 6.04. The molecule has 0 radical (unpaired) electrons. The summed E-state index contributed by atoms with van der Waals surface area (Å²) in [6.07, 6.45) is 2.03. The Morgan fingerprint density at radius 2 is 1.89 bits per heavy atom. The molecule has 3 rings (SSSR count). The summed E-state index contributed by atoms with van der Waals surface area (Å²) in [5, 5.41) is 10.2. The molecule has 3 heteroatoms. The highest BCUT2D eigenvalue weighted by atomic mass is 16.4. The van der Waals surface area contributed by atoms with Crippen molar-refractivity contribution >= 4 is 16.9 Å². The van der Waals surface area contributed by atoms with Crippen LogP contribution in [-0.4, -0.2) is 15.6 Å². The highest BCUT2D eigenvalue weighted by Crippen LogP contribution is 2.30. The minimum Gasteiger partial charge on any atom is -0.478 e. The molecule has 0 aliphatic carbocycles. The van der Waals surface area contributed by atoms with Crippen LogP contribution < -0.4 is 0 Å². The van der Waals surface area contributed by atoms with Crippen molar-refractivity contribution in [1.29, 1.82) is 0 Å². The molecule has 1 heterocycles. The fourth-order valence-electron chi connectivity index (χ4n) is 2.39. The molecule has 0 atom stereocenters. The molecule has 0 aliphatic heterocycles. The van der Waals surface area contributed by atoms with Gasteiger partial charge in [0.05, 0.1) is 5.56 Å². The van der Waals surface area contributed by atoms with Gasteiger partial charge in [0.2, 0.25) is 0 Å². The van der Waals surface area contributed by atoms with Gasteiger partial charge in [0.1, 0.15) is 0 Å². The third-order valence-corrected chi connectivity index (χ3v) is 3.32. The number of hydrogen-bond acceptors (Lipinski definition) is 1. The topological polar surface area (TPSA) is 42.2 Å². The summed E-state index contributed by atoms with van der Waals surface area (Å²) in [5.41, 5.74) is 3.43. The number of carboxylic acid groups (broad SMARTS) is 1. The van der Waals surface area contributed by atoms with Crippen LogP contribution >= 0.6 is 0 Å². The van der Waals surface area contributed by atoms with Crippen molar-refractivity contribution in [3.05, 3.63) is 60.3 Å². The molecule has 2 aromatic carbocycles. The maximum absolute atomic E-state index is 11.0. The first-order chi connectivity index (χ1) is 9.16. The Morgan fingerprint density at radius 3 is 2.68 bits per heavy atom. The number of fused-ring (bicyclic) bond motifs is 1. The van der Waals surface area contributed by atoms with E-state index in [2.05, 4.69) is 16.7 Å². The average molecular weight is 251 g/mol. The zero-order chi connectivity index (χ0) is 13.4. The van der Waals surface area contributed by atoms with Crippen LogP contribution in [0.1, 0.15) is 10.4 Å². The Balaban J connectivity index is 2.25. The molecular weight excluding hydrogens is 238 g/mol. The van der Waals surface area contributed by atoms with Crippen molar-refractivity contribution in [3.63, 3.8) is 0 Å². The Hall–Kier alpha value is -2.55. The number of carbonyl (C=O) groups is 1. The molecule has 0 fully saturated rings. The van der Waals surface area contributed by atoms with Crippen LogP contribution in [0.4, 0.5) is 0 Å². The van der Waals surface area contributed by atoms with Crippen molar-refractivity contribution in [2.24, 2.45) is 7.05 Å². The van der Waals surface area contributed by atoms with Crippen LogP contribution in [-0.2, 0) is 7.05 Å². The lowest BCUT2D eigenvalue weighted by Crippen LogP contribution is -1.95. The van der Waals surface area contributed by atoms with Gasteiger partial charge in [-0.25, -0.2) is 4.79 Å². The second kappa shape index (κ2) is 4.28. The molecule has 3 aromatic rings. The SMILES string of the molecule is Cn1cc(-c2cccc(C(=O)O)c2)c2ccccc21. The fourth-order valence-corrected chi connectivity index (χ4v) is 2.39. The highest BCUT2D eigenvalue weighted by molar-refractivity contribution is 5.97. The summed E-state index contributed by atoms with van der Waals surface area (Å²) in [6.45, 7) is 0. The average Bonchev–Trinajstić information content (AvgIpc) is 2.77. The molecule has 0 bridgehead atoms. The predicted octanol–water partition coefficient (Wildman–Crippen LogP) is 3.54. The summed E-state index contributed by atoms with van der Waals surface area (Å²) in [7, 11) is 1.99. The van der Waals surface area contributed by atoms with Crippen LogP contribution in [0.2, 0.25) is 0 Å². The lowest BCUT2D eigenvalue weighted by atomic mass is 10.0. The Bertz CT molecular complexity index is 771. The van der Waals surface area contributed by atoms with Gasteiger partial charge in [0.15, 0.2) is 0 Å². The smallest absolute Gasteiger partial charge is 0.335 e. The van der Waals surface area contributed by atoms with Crippen molar-refractivity contribution in [1.82, 2.24) is 4.57 Å². The van der Waals surface area contributed by atoms with Crippen molar-refractivity contribution < 1.29 is 9.90 Å². The van der Waals surface area contributed by atoms with Gasteiger partial charge in [-0.05, 0) is 23.8 Å². The number of carboxylic acids is 1. The van der Waals surface area contributed by atoms with E-state index >= 15 is 0 Å². The number of para-hydroxylation sites is 1. The van der Waals surface area contributed by atoms with Gasteiger partial charge in [0.25, 0.3) is 0 Å². The zero-order valence-electron chi connectivity index (χ0n) is 10.5. The summed E-state index contributed by atoms with van der Waals surface area (Å²) in [6, 6.07) is 15.1. The van der Waals surface area contributed by atoms with Gasteiger partial charge < -0.3 is 9.67 Å². The van der Waals surface area contributed by atoms with Gasteiger partial charge in [-0.1, -0.05) is 30.3 Å². The summed E-state index contributed by atoms with van der Waals surface area (Å²) >= 11 is 0. The summed E-state index contributed by atoms with van der Waals surface area (Å²) in [5.74, 6) is -0.901. The van der Waals surface area contributed by atoms with E-state index in [9.17, 15) is 4.79 Å².